The molecule has 136 valence electrons. The van der Waals surface area contributed by atoms with Gasteiger partial charge in [-0.25, -0.2) is 0 Å². The van der Waals surface area contributed by atoms with Gasteiger partial charge in [0.2, 0.25) is 0 Å². The minimum absolute atomic E-state index is 0.0485. The summed E-state index contributed by atoms with van der Waals surface area (Å²) in [4.78, 5) is 26.4. The van der Waals surface area contributed by atoms with Crippen LogP contribution in [0.2, 0.25) is 0 Å². The molecule has 1 fully saturated rings. The number of rotatable bonds is 3. The first-order valence-corrected chi connectivity index (χ1v) is 8.34. The summed E-state index contributed by atoms with van der Waals surface area (Å²) in [6.07, 6.45) is 1.20. The van der Waals surface area contributed by atoms with Crippen LogP contribution in [0.5, 0.6) is 17.2 Å². The molecule has 2 aromatic rings. The number of benzene rings is 2. The lowest BCUT2D eigenvalue weighted by molar-refractivity contribution is 0.0697. The van der Waals surface area contributed by atoms with Crippen LogP contribution in [0, 0.1) is 0 Å². The standard InChI is InChI=1S/C19H20N2O5/c22-15-3-1-2-12(8-15)19(26)21-6-4-14(5-7-21)20-18(25)13-9-16(23)11-17(24)10-13/h1-3,8-11,14,22-24H,4-7H2,(H,20,25). The van der Waals surface area contributed by atoms with E-state index >= 15 is 0 Å². The molecule has 0 bridgehead atoms. The highest BCUT2D eigenvalue weighted by atomic mass is 16.3. The molecule has 0 spiro atoms. The topological polar surface area (TPSA) is 110 Å². The predicted molar refractivity (Wildman–Crippen MR) is 94.3 cm³/mol. The number of aromatic hydroxyl groups is 3. The third kappa shape index (κ3) is 4.05. The van der Waals surface area contributed by atoms with E-state index in [0.29, 0.717) is 31.5 Å². The maximum absolute atomic E-state index is 12.4. The van der Waals surface area contributed by atoms with E-state index in [9.17, 15) is 24.9 Å². The summed E-state index contributed by atoms with van der Waals surface area (Å²) >= 11 is 0. The molecule has 0 atom stereocenters. The maximum Gasteiger partial charge on any atom is 0.253 e. The summed E-state index contributed by atoms with van der Waals surface area (Å²) in [5, 5.41) is 31.3. The fourth-order valence-electron chi connectivity index (χ4n) is 3.04. The first kappa shape index (κ1) is 17.6. The Labute approximate surface area is 150 Å². The normalized spacial score (nSPS) is 14.8. The fourth-order valence-corrected chi connectivity index (χ4v) is 3.04. The molecule has 0 radical (unpaired) electrons. The van der Waals surface area contributed by atoms with Gasteiger partial charge < -0.3 is 25.5 Å². The van der Waals surface area contributed by atoms with E-state index in [0.717, 1.165) is 6.07 Å². The highest BCUT2D eigenvalue weighted by Crippen LogP contribution is 2.21. The van der Waals surface area contributed by atoms with Crippen molar-refractivity contribution in [2.24, 2.45) is 0 Å². The van der Waals surface area contributed by atoms with Gasteiger partial charge in [0.1, 0.15) is 17.2 Å². The third-order valence-electron chi connectivity index (χ3n) is 4.38. The van der Waals surface area contributed by atoms with Gasteiger partial charge in [-0.15, -0.1) is 0 Å². The van der Waals surface area contributed by atoms with Crippen LogP contribution in [-0.2, 0) is 0 Å². The Kier molecular flexibility index (Phi) is 4.97. The van der Waals surface area contributed by atoms with E-state index in [4.69, 9.17) is 0 Å². The van der Waals surface area contributed by atoms with Gasteiger partial charge >= 0.3 is 0 Å². The minimum Gasteiger partial charge on any atom is -0.508 e. The van der Waals surface area contributed by atoms with E-state index in [2.05, 4.69) is 5.32 Å². The number of hydrogen-bond donors (Lipinski definition) is 4. The second kappa shape index (κ2) is 7.35. The van der Waals surface area contributed by atoms with Crippen molar-refractivity contribution < 1.29 is 24.9 Å². The van der Waals surface area contributed by atoms with Crippen LogP contribution in [0.25, 0.3) is 0 Å². The summed E-state index contributed by atoms with van der Waals surface area (Å²) in [7, 11) is 0. The number of phenols is 3. The SMILES string of the molecule is O=C(NC1CCN(C(=O)c2cccc(O)c2)CC1)c1cc(O)cc(O)c1. The molecule has 1 aliphatic heterocycles. The van der Waals surface area contributed by atoms with E-state index in [1.807, 2.05) is 0 Å². The van der Waals surface area contributed by atoms with Crippen LogP contribution in [0.15, 0.2) is 42.5 Å². The molecule has 3 rings (SSSR count). The van der Waals surface area contributed by atoms with Gasteiger partial charge in [0, 0.05) is 36.3 Å². The van der Waals surface area contributed by atoms with E-state index < -0.39 is 0 Å². The first-order valence-electron chi connectivity index (χ1n) is 8.34. The molecule has 7 nitrogen and oxygen atoms in total. The zero-order chi connectivity index (χ0) is 18.7. The van der Waals surface area contributed by atoms with Gasteiger partial charge in [0.05, 0.1) is 0 Å². The van der Waals surface area contributed by atoms with Gasteiger partial charge in [0.15, 0.2) is 0 Å². The van der Waals surface area contributed by atoms with Crippen LogP contribution in [0.3, 0.4) is 0 Å². The fraction of sp³-hybridized carbons (Fsp3) is 0.263. The quantitative estimate of drug-likeness (QED) is 0.671. The Morgan fingerprint density at radius 3 is 2.12 bits per heavy atom. The van der Waals surface area contributed by atoms with Crippen molar-refractivity contribution in [3.05, 3.63) is 53.6 Å². The van der Waals surface area contributed by atoms with Crippen LogP contribution in [0.4, 0.5) is 0 Å². The molecule has 2 aromatic carbocycles. The van der Waals surface area contributed by atoms with Crippen molar-refractivity contribution in [2.45, 2.75) is 18.9 Å². The van der Waals surface area contributed by atoms with Crippen molar-refractivity contribution >= 4 is 11.8 Å². The summed E-state index contributed by atoms with van der Waals surface area (Å²) in [6, 6.07) is 9.86. The number of hydrogen-bond acceptors (Lipinski definition) is 5. The van der Waals surface area contributed by atoms with Crippen LogP contribution in [-0.4, -0.2) is 51.2 Å². The molecule has 2 amide bonds. The third-order valence-corrected chi connectivity index (χ3v) is 4.38. The van der Waals surface area contributed by atoms with Gasteiger partial charge in [-0.3, -0.25) is 9.59 Å². The Morgan fingerprint density at radius 2 is 1.50 bits per heavy atom. The number of nitrogens with one attached hydrogen (secondary N) is 1. The molecule has 1 heterocycles. The largest absolute Gasteiger partial charge is 0.508 e. The van der Waals surface area contributed by atoms with E-state index in [1.54, 1.807) is 17.0 Å². The molecular formula is C19H20N2O5. The van der Waals surface area contributed by atoms with Gasteiger partial charge in [-0.1, -0.05) is 6.07 Å². The van der Waals surface area contributed by atoms with Crippen LogP contribution in [0.1, 0.15) is 33.6 Å². The summed E-state index contributed by atoms with van der Waals surface area (Å²) in [6.45, 7) is 0.982. The van der Waals surface area contributed by atoms with Crippen molar-refractivity contribution in [3.63, 3.8) is 0 Å². The first-order chi connectivity index (χ1) is 12.4. The second-order valence-electron chi connectivity index (χ2n) is 6.33. The molecule has 26 heavy (non-hydrogen) atoms. The zero-order valence-corrected chi connectivity index (χ0v) is 14.1. The predicted octanol–water partition coefficient (Wildman–Crippen LogP) is 1.84. The number of carbonyl (C=O) groups is 2. The smallest absolute Gasteiger partial charge is 0.253 e. The Balaban J connectivity index is 1.56. The minimum atomic E-state index is -0.381. The lowest BCUT2D eigenvalue weighted by Gasteiger charge is -2.32. The summed E-state index contributed by atoms with van der Waals surface area (Å²) in [5.74, 6) is -0.840. The molecule has 0 unspecified atom stereocenters. The monoisotopic (exact) mass is 356 g/mol. The van der Waals surface area contributed by atoms with Crippen LogP contribution >= 0.6 is 0 Å². The summed E-state index contributed by atoms with van der Waals surface area (Å²) in [5.41, 5.74) is 0.614. The second-order valence-corrected chi connectivity index (χ2v) is 6.33. The Morgan fingerprint density at radius 1 is 0.885 bits per heavy atom. The van der Waals surface area contributed by atoms with E-state index in [1.165, 1.54) is 24.3 Å². The number of piperidine rings is 1. The Hall–Kier alpha value is -3.22. The molecule has 1 saturated heterocycles. The number of phenolic OH excluding ortho intramolecular Hbond substituents is 3. The highest BCUT2D eigenvalue weighted by molar-refractivity contribution is 5.96. The average Bonchev–Trinajstić information content (AvgIpc) is 2.61. The van der Waals surface area contributed by atoms with Gasteiger partial charge in [-0.2, -0.15) is 0 Å². The van der Waals surface area contributed by atoms with Gasteiger partial charge in [-0.05, 0) is 43.2 Å². The van der Waals surface area contributed by atoms with Crippen molar-refractivity contribution in [1.29, 1.82) is 0 Å². The highest BCUT2D eigenvalue weighted by Gasteiger charge is 2.25. The molecule has 0 aromatic heterocycles. The van der Waals surface area contributed by atoms with E-state index in [-0.39, 0.29) is 40.7 Å². The lowest BCUT2D eigenvalue weighted by Crippen LogP contribution is -2.46. The van der Waals surface area contributed by atoms with Crippen molar-refractivity contribution in [2.75, 3.05) is 13.1 Å². The van der Waals surface area contributed by atoms with Crippen molar-refractivity contribution in [1.82, 2.24) is 10.2 Å². The number of likely N-dealkylation sites (tertiary alicyclic amines) is 1. The molecule has 7 heteroatoms. The summed E-state index contributed by atoms with van der Waals surface area (Å²) < 4.78 is 0. The zero-order valence-electron chi connectivity index (χ0n) is 14.1. The molecular weight excluding hydrogens is 336 g/mol. The Bertz CT molecular complexity index is 808. The van der Waals surface area contributed by atoms with Crippen LogP contribution < -0.4 is 5.32 Å². The van der Waals surface area contributed by atoms with Crippen molar-refractivity contribution in [3.8, 4) is 17.2 Å². The average molecular weight is 356 g/mol. The molecule has 0 aliphatic carbocycles. The van der Waals surface area contributed by atoms with Gasteiger partial charge in [0.25, 0.3) is 11.8 Å². The molecule has 4 N–H and O–H groups in total. The lowest BCUT2D eigenvalue weighted by atomic mass is 10.0. The molecule has 0 saturated carbocycles. The maximum atomic E-state index is 12.4. The number of carbonyl (C=O) groups excluding carboxylic acids is 2. The number of nitrogens with zero attached hydrogens (tertiary/aromatic N) is 1. The number of amides is 2. The molecule has 1 aliphatic rings.